The summed E-state index contributed by atoms with van der Waals surface area (Å²) in [5.41, 5.74) is 7.91. The van der Waals surface area contributed by atoms with Crippen LogP contribution in [0, 0.1) is 0 Å². The number of nitrogen functional groups attached to an aromatic ring is 1. The van der Waals surface area contributed by atoms with Crippen molar-refractivity contribution in [3.8, 4) is 0 Å². The quantitative estimate of drug-likeness (QED) is 0.0248. The second-order valence-electron chi connectivity index (χ2n) is 21.8. The maximum atomic E-state index is 13.2. The summed E-state index contributed by atoms with van der Waals surface area (Å²) in [6, 6.07) is 7.90. The van der Waals surface area contributed by atoms with Gasteiger partial charge in [0.05, 0.1) is 17.6 Å². The second kappa shape index (κ2) is 41.7. The van der Waals surface area contributed by atoms with Gasteiger partial charge in [0.2, 0.25) is 0 Å². The molecule has 0 aliphatic rings. The molecule has 0 radical (unpaired) electrons. The smallest absolute Gasteiger partial charge is 0.306 e. The van der Waals surface area contributed by atoms with Crippen molar-refractivity contribution in [2.45, 2.75) is 240 Å². The molecule has 3 rings (SSSR count). The number of nitrogens with two attached hydrogens (primary N) is 1. The monoisotopic (exact) mass is 1060 g/mol. The van der Waals surface area contributed by atoms with Gasteiger partial charge in [-0.05, 0) is 137 Å². The highest BCUT2D eigenvalue weighted by molar-refractivity contribution is 6.06. The summed E-state index contributed by atoms with van der Waals surface area (Å²) in [5, 5.41) is 0.947. The molecule has 0 saturated carbocycles. The van der Waals surface area contributed by atoms with Crippen LogP contribution in [0.1, 0.15) is 227 Å². The fourth-order valence-corrected chi connectivity index (χ4v) is 9.79. The van der Waals surface area contributed by atoms with Gasteiger partial charge in [-0.25, -0.2) is 9.97 Å². The molecule has 13 heteroatoms. The van der Waals surface area contributed by atoms with Gasteiger partial charge in [-0.15, -0.1) is 0 Å². The third kappa shape index (κ3) is 30.0. The summed E-state index contributed by atoms with van der Waals surface area (Å²) in [6.07, 6.45) is 39.3. The Labute approximate surface area is 460 Å². The molecule has 3 aromatic rings. The molecule has 2 heterocycles. The molecule has 0 saturated heterocycles. The number of allylic oxidation sites excluding steroid dienone is 2. The molecule has 0 amide bonds. The van der Waals surface area contributed by atoms with Crippen molar-refractivity contribution in [3.63, 3.8) is 0 Å². The Morgan fingerprint density at radius 2 is 1.08 bits per heavy atom. The first-order chi connectivity index (χ1) is 37.0. The number of carbonyl (C=O) groups excluding carboxylic acids is 3. The number of carbonyl (C=O) groups is 3. The van der Waals surface area contributed by atoms with Gasteiger partial charge in [0.1, 0.15) is 36.8 Å². The molecule has 0 atom stereocenters. The van der Waals surface area contributed by atoms with E-state index in [1.54, 1.807) is 0 Å². The second-order valence-corrected chi connectivity index (χ2v) is 21.8. The predicted octanol–water partition coefficient (Wildman–Crippen LogP) is 14.8. The number of unbranched alkanes of at least 4 members (excludes halogenated alkanes) is 20. The van der Waals surface area contributed by atoms with E-state index < -0.39 is 5.60 Å². The van der Waals surface area contributed by atoms with Crippen LogP contribution in [0.4, 0.5) is 5.82 Å². The van der Waals surface area contributed by atoms with E-state index in [4.69, 9.17) is 29.7 Å². The number of pyridine rings is 1. The van der Waals surface area contributed by atoms with E-state index in [0.29, 0.717) is 63.6 Å². The highest BCUT2D eigenvalue weighted by atomic mass is 16.6. The van der Waals surface area contributed by atoms with Crippen molar-refractivity contribution >= 4 is 45.7 Å². The Balaban J connectivity index is 1.34. The van der Waals surface area contributed by atoms with Crippen LogP contribution in [-0.4, -0.2) is 107 Å². The van der Waals surface area contributed by atoms with Gasteiger partial charge in [0, 0.05) is 31.3 Å². The van der Waals surface area contributed by atoms with Gasteiger partial charge in [-0.1, -0.05) is 153 Å². The van der Waals surface area contributed by atoms with Crippen LogP contribution in [0.5, 0.6) is 0 Å². The van der Waals surface area contributed by atoms with E-state index in [1.807, 2.05) is 57.2 Å². The summed E-state index contributed by atoms with van der Waals surface area (Å²) in [7, 11) is 2.22. The van der Waals surface area contributed by atoms with Crippen molar-refractivity contribution in [1.29, 1.82) is 0 Å². The molecule has 430 valence electrons. The summed E-state index contributed by atoms with van der Waals surface area (Å²) in [5.74, 6) is 0.758. The fourth-order valence-electron chi connectivity index (χ4n) is 9.79. The first-order valence-corrected chi connectivity index (χ1v) is 30.3. The minimum atomic E-state index is -0.787. The van der Waals surface area contributed by atoms with Gasteiger partial charge < -0.3 is 39.0 Å². The Hall–Kier alpha value is -4.33. The van der Waals surface area contributed by atoms with Crippen molar-refractivity contribution in [2.24, 2.45) is 0 Å². The number of esters is 3. The number of fused-ring (bicyclic) bond motifs is 3. The fraction of sp³-hybridized carbons (Fsp3) is 0.730. The van der Waals surface area contributed by atoms with E-state index in [1.165, 1.54) is 89.9 Å². The number of anilines is 1. The third-order valence-electron chi connectivity index (χ3n) is 14.2. The number of hydrogen-bond donors (Lipinski definition) is 1. The van der Waals surface area contributed by atoms with Crippen LogP contribution in [0.3, 0.4) is 0 Å². The highest BCUT2D eigenvalue weighted by Crippen LogP contribution is 2.31. The molecule has 2 N–H and O–H groups in total. The van der Waals surface area contributed by atoms with Crippen molar-refractivity contribution < 1.29 is 33.3 Å². The van der Waals surface area contributed by atoms with Crippen LogP contribution < -0.4 is 5.73 Å². The summed E-state index contributed by atoms with van der Waals surface area (Å²) in [4.78, 5) is 52.1. The Bertz CT molecular complexity index is 2010. The topological polar surface area (TPSA) is 151 Å². The van der Waals surface area contributed by atoms with Crippen LogP contribution in [0.15, 0.2) is 48.6 Å². The maximum Gasteiger partial charge on any atom is 0.306 e. The van der Waals surface area contributed by atoms with Gasteiger partial charge in [0.15, 0.2) is 5.82 Å². The van der Waals surface area contributed by atoms with Gasteiger partial charge in [0.25, 0.3) is 0 Å². The lowest BCUT2D eigenvalue weighted by Crippen LogP contribution is -2.34. The molecule has 0 spiro atoms. The first kappa shape index (κ1) is 66.0. The number of aromatic nitrogens is 3. The molecule has 2 aromatic heterocycles. The Morgan fingerprint density at radius 1 is 0.592 bits per heavy atom. The first-order valence-electron chi connectivity index (χ1n) is 30.3. The van der Waals surface area contributed by atoms with Gasteiger partial charge in [-0.2, -0.15) is 0 Å². The van der Waals surface area contributed by atoms with Crippen molar-refractivity contribution in [1.82, 2.24) is 24.3 Å². The van der Waals surface area contributed by atoms with Crippen LogP contribution in [0.2, 0.25) is 0 Å². The SMILES string of the molecule is CCCCCC/C=C/COC(=O)CCCCCCCCN(CCCCCCCCC(=O)OC/C=C/CCCCCC)CCCN(C)CCCCCC(=O)OC(C)(C)Cn1c(COCC)nc2c(N)nc3ccccc3c21. The molecule has 0 aliphatic heterocycles. The van der Waals surface area contributed by atoms with E-state index >= 15 is 0 Å². The van der Waals surface area contributed by atoms with Crippen LogP contribution in [-0.2, 0) is 46.5 Å². The average molecular weight is 1060 g/mol. The van der Waals surface area contributed by atoms with E-state index in [-0.39, 0.29) is 17.9 Å². The predicted molar refractivity (Wildman–Crippen MR) is 314 cm³/mol. The average Bonchev–Trinajstić information content (AvgIpc) is 3.75. The lowest BCUT2D eigenvalue weighted by Gasteiger charge is -2.27. The molecule has 1 aromatic carbocycles. The molecule has 0 aliphatic carbocycles. The standard InChI is InChI=1S/C63H106N6O7/c1-7-10-12-14-20-26-37-50-74-57(70)42-29-22-16-18-24-35-47-68(48-36-25-19-17-23-30-43-58(71)75-51-38-27-21-15-13-11-8-2)49-39-46-67(6)45-34-28-31-44-59(72)76-63(4,5)53-69-56(52-73-9-3)66-60-61(69)54-40-32-33-41-55(54)65-62(60)64/h26-27,32-33,37-38,40-41H,7-25,28-31,34-36,39,42-53H2,1-6H3,(H2,64,65)/b37-26+,38-27+. The van der Waals surface area contributed by atoms with Crippen molar-refractivity contribution in [3.05, 3.63) is 54.4 Å². The molecule has 0 bridgehead atoms. The maximum absolute atomic E-state index is 13.2. The molecule has 76 heavy (non-hydrogen) atoms. The number of imidazole rings is 1. The summed E-state index contributed by atoms with van der Waals surface area (Å²) >= 11 is 0. The number of ether oxygens (including phenoxy) is 4. The minimum Gasteiger partial charge on any atom is -0.461 e. The number of benzene rings is 1. The zero-order valence-electron chi connectivity index (χ0n) is 48.9. The summed E-state index contributed by atoms with van der Waals surface area (Å²) < 4.78 is 24.8. The van der Waals surface area contributed by atoms with Crippen LogP contribution in [0.25, 0.3) is 21.9 Å². The molecular weight excluding hydrogens is 953 g/mol. The molecule has 0 fully saturated rings. The third-order valence-corrected chi connectivity index (χ3v) is 14.2. The lowest BCUT2D eigenvalue weighted by molar-refractivity contribution is -0.157. The number of para-hydroxylation sites is 1. The summed E-state index contributed by atoms with van der Waals surface area (Å²) in [6.45, 7) is 17.8. The molecule has 0 unspecified atom stereocenters. The lowest BCUT2D eigenvalue weighted by atomic mass is 10.1. The molecule has 13 nitrogen and oxygen atoms in total. The van der Waals surface area contributed by atoms with Gasteiger partial charge in [-0.3, -0.25) is 14.4 Å². The Kier molecular flexibility index (Phi) is 36.2. The normalized spacial score (nSPS) is 12.2. The minimum absolute atomic E-state index is 0.0780. The zero-order valence-corrected chi connectivity index (χ0v) is 48.9. The largest absolute Gasteiger partial charge is 0.461 e. The van der Waals surface area contributed by atoms with Gasteiger partial charge >= 0.3 is 17.9 Å². The van der Waals surface area contributed by atoms with Crippen molar-refractivity contribution in [2.75, 3.05) is 65.3 Å². The molecular formula is C63H106N6O7. The van der Waals surface area contributed by atoms with E-state index in [0.717, 1.165) is 132 Å². The Morgan fingerprint density at radius 3 is 1.66 bits per heavy atom. The number of nitrogens with zero attached hydrogens (tertiary/aromatic N) is 5. The number of rotatable bonds is 48. The van der Waals surface area contributed by atoms with E-state index in [9.17, 15) is 14.4 Å². The number of hydrogen-bond acceptors (Lipinski definition) is 12. The van der Waals surface area contributed by atoms with Crippen LogP contribution >= 0.6 is 0 Å². The van der Waals surface area contributed by atoms with E-state index in [2.05, 4.69) is 52.4 Å². The zero-order chi connectivity index (χ0) is 54.9. The highest BCUT2D eigenvalue weighted by Gasteiger charge is 2.28.